The first-order valence-corrected chi connectivity index (χ1v) is 7.75. The first kappa shape index (κ1) is 14.0. The van der Waals surface area contributed by atoms with Crippen LogP contribution in [-0.2, 0) is 6.54 Å². The summed E-state index contributed by atoms with van der Waals surface area (Å²) >= 11 is 3.64. The highest BCUT2D eigenvalue weighted by Gasteiger charge is 2.19. The molecule has 100 valence electrons. The molecule has 1 unspecified atom stereocenters. The Bertz CT molecular complexity index is 367. The average Bonchev–Trinajstić information content (AvgIpc) is 2.40. The van der Waals surface area contributed by atoms with Crippen molar-refractivity contribution < 1.29 is 0 Å². The molecule has 18 heavy (non-hydrogen) atoms. The van der Waals surface area contributed by atoms with Gasteiger partial charge in [-0.15, -0.1) is 0 Å². The number of hydrogen-bond acceptors (Lipinski definition) is 2. The molecule has 1 N–H and O–H groups in total. The Morgan fingerprint density at radius 1 is 1.39 bits per heavy atom. The first-order valence-electron chi connectivity index (χ1n) is 6.96. The molecule has 1 aliphatic heterocycles. The molecule has 0 bridgehead atoms. The molecule has 1 aromatic rings. The Balaban J connectivity index is 1.87. The molecule has 1 fully saturated rings. The van der Waals surface area contributed by atoms with Crippen molar-refractivity contribution in [2.45, 2.75) is 26.3 Å². The van der Waals surface area contributed by atoms with E-state index < -0.39 is 0 Å². The van der Waals surface area contributed by atoms with Crippen molar-refractivity contribution in [1.82, 2.24) is 10.2 Å². The second-order valence-corrected chi connectivity index (χ2v) is 6.00. The summed E-state index contributed by atoms with van der Waals surface area (Å²) in [4.78, 5) is 2.59. The van der Waals surface area contributed by atoms with Crippen LogP contribution >= 0.6 is 15.9 Å². The van der Waals surface area contributed by atoms with Crippen LogP contribution in [0.3, 0.4) is 0 Å². The third-order valence-corrected chi connectivity index (χ3v) is 4.41. The Hall–Kier alpha value is -0.380. The van der Waals surface area contributed by atoms with Gasteiger partial charge in [-0.25, -0.2) is 0 Å². The number of likely N-dealkylation sites (tertiary alicyclic amines) is 1. The van der Waals surface area contributed by atoms with E-state index in [0.717, 1.165) is 19.0 Å². The quantitative estimate of drug-likeness (QED) is 0.898. The van der Waals surface area contributed by atoms with E-state index in [1.165, 1.54) is 42.5 Å². The van der Waals surface area contributed by atoms with Crippen LogP contribution in [0.5, 0.6) is 0 Å². The molecule has 0 aliphatic carbocycles. The summed E-state index contributed by atoms with van der Waals surface area (Å²) in [6.45, 7) is 7.98. The predicted octanol–water partition coefficient (Wildman–Crippen LogP) is 3.27. The van der Waals surface area contributed by atoms with Crippen molar-refractivity contribution >= 4 is 15.9 Å². The van der Waals surface area contributed by atoms with Crippen LogP contribution < -0.4 is 5.32 Å². The summed E-state index contributed by atoms with van der Waals surface area (Å²) < 4.78 is 1.24. The van der Waals surface area contributed by atoms with Gasteiger partial charge in [-0.2, -0.15) is 0 Å². The zero-order chi connectivity index (χ0) is 12.8. The largest absolute Gasteiger partial charge is 0.317 e. The molecule has 2 rings (SSSR count). The van der Waals surface area contributed by atoms with Crippen LogP contribution in [0.2, 0.25) is 0 Å². The number of rotatable bonds is 5. The number of benzene rings is 1. The number of hydrogen-bond donors (Lipinski definition) is 1. The molecule has 0 spiro atoms. The lowest BCUT2D eigenvalue weighted by Gasteiger charge is -2.33. The van der Waals surface area contributed by atoms with Crippen LogP contribution in [0.15, 0.2) is 28.7 Å². The zero-order valence-electron chi connectivity index (χ0n) is 11.2. The monoisotopic (exact) mass is 310 g/mol. The van der Waals surface area contributed by atoms with E-state index in [-0.39, 0.29) is 0 Å². The molecule has 1 aromatic carbocycles. The fraction of sp³-hybridized carbons (Fsp3) is 0.600. The molecule has 1 saturated heterocycles. The standard InChI is InChI=1S/C15H23BrN2/c1-2-17-10-13-6-5-9-18(11-13)12-14-7-3-4-8-15(14)16/h3-4,7-8,13,17H,2,5-6,9-12H2,1H3. The molecular weight excluding hydrogens is 288 g/mol. The summed E-state index contributed by atoms with van der Waals surface area (Å²) in [6, 6.07) is 8.56. The van der Waals surface area contributed by atoms with Gasteiger partial charge in [0.2, 0.25) is 0 Å². The lowest BCUT2D eigenvalue weighted by atomic mass is 9.97. The molecule has 1 atom stereocenters. The van der Waals surface area contributed by atoms with Crippen molar-refractivity contribution in [3.05, 3.63) is 34.3 Å². The Morgan fingerprint density at radius 2 is 2.22 bits per heavy atom. The lowest BCUT2D eigenvalue weighted by molar-refractivity contribution is 0.165. The van der Waals surface area contributed by atoms with Crippen molar-refractivity contribution in [3.63, 3.8) is 0 Å². The summed E-state index contributed by atoms with van der Waals surface area (Å²) in [5, 5.41) is 3.48. The summed E-state index contributed by atoms with van der Waals surface area (Å²) in [5.41, 5.74) is 1.40. The van der Waals surface area contributed by atoms with Crippen molar-refractivity contribution in [1.29, 1.82) is 0 Å². The second kappa shape index (κ2) is 7.27. The van der Waals surface area contributed by atoms with Gasteiger partial charge in [0, 0.05) is 17.6 Å². The smallest absolute Gasteiger partial charge is 0.0245 e. The highest BCUT2D eigenvalue weighted by atomic mass is 79.9. The van der Waals surface area contributed by atoms with E-state index in [1.54, 1.807) is 0 Å². The number of halogens is 1. The number of nitrogens with one attached hydrogen (secondary N) is 1. The van der Waals surface area contributed by atoms with Gasteiger partial charge >= 0.3 is 0 Å². The molecule has 1 aliphatic rings. The van der Waals surface area contributed by atoms with E-state index >= 15 is 0 Å². The lowest BCUT2D eigenvalue weighted by Crippen LogP contribution is -2.39. The van der Waals surface area contributed by atoms with Gasteiger partial charge in [0.15, 0.2) is 0 Å². The summed E-state index contributed by atoms with van der Waals surface area (Å²) in [5.74, 6) is 0.821. The fourth-order valence-corrected chi connectivity index (χ4v) is 3.09. The topological polar surface area (TPSA) is 15.3 Å². The molecule has 0 saturated carbocycles. The Kier molecular flexibility index (Phi) is 5.67. The number of piperidine rings is 1. The molecule has 0 aromatic heterocycles. The molecular formula is C15H23BrN2. The molecule has 2 nitrogen and oxygen atoms in total. The maximum absolute atomic E-state index is 3.64. The molecule has 3 heteroatoms. The van der Waals surface area contributed by atoms with Gasteiger partial charge in [-0.1, -0.05) is 41.1 Å². The zero-order valence-corrected chi connectivity index (χ0v) is 12.7. The Morgan fingerprint density at radius 3 is 3.00 bits per heavy atom. The summed E-state index contributed by atoms with van der Waals surface area (Å²) in [6.07, 6.45) is 2.71. The van der Waals surface area contributed by atoms with Gasteiger partial charge in [-0.3, -0.25) is 4.90 Å². The van der Waals surface area contributed by atoms with Gasteiger partial charge in [0.1, 0.15) is 0 Å². The predicted molar refractivity (Wildman–Crippen MR) is 80.7 cm³/mol. The fourth-order valence-electron chi connectivity index (χ4n) is 2.68. The van der Waals surface area contributed by atoms with E-state index in [2.05, 4.69) is 57.3 Å². The van der Waals surface area contributed by atoms with Gasteiger partial charge in [-0.05, 0) is 50.0 Å². The first-order chi connectivity index (χ1) is 8.79. The van der Waals surface area contributed by atoms with Crippen molar-refractivity contribution in [3.8, 4) is 0 Å². The minimum atomic E-state index is 0.821. The normalized spacial score (nSPS) is 21.1. The average molecular weight is 311 g/mol. The second-order valence-electron chi connectivity index (χ2n) is 5.14. The van der Waals surface area contributed by atoms with Crippen LogP contribution in [0.4, 0.5) is 0 Å². The minimum absolute atomic E-state index is 0.821. The van der Waals surface area contributed by atoms with Gasteiger partial charge in [0.05, 0.1) is 0 Å². The summed E-state index contributed by atoms with van der Waals surface area (Å²) in [7, 11) is 0. The third-order valence-electron chi connectivity index (χ3n) is 3.64. The van der Waals surface area contributed by atoms with Gasteiger partial charge < -0.3 is 5.32 Å². The Labute approximate surface area is 119 Å². The highest BCUT2D eigenvalue weighted by molar-refractivity contribution is 9.10. The van der Waals surface area contributed by atoms with E-state index in [9.17, 15) is 0 Å². The number of nitrogens with zero attached hydrogens (tertiary/aromatic N) is 1. The van der Waals surface area contributed by atoms with E-state index in [1.807, 2.05) is 0 Å². The highest BCUT2D eigenvalue weighted by Crippen LogP contribution is 2.22. The van der Waals surface area contributed by atoms with Crippen molar-refractivity contribution in [2.75, 3.05) is 26.2 Å². The van der Waals surface area contributed by atoms with Gasteiger partial charge in [0.25, 0.3) is 0 Å². The minimum Gasteiger partial charge on any atom is -0.317 e. The SMILES string of the molecule is CCNCC1CCCN(Cc2ccccc2Br)C1. The maximum Gasteiger partial charge on any atom is 0.0245 e. The molecule has 0 amide bonds. The van der Waals surface area contributed by atoms with Crippen LogP contribution in [0.25, 0.3) is 0 Å². The van der Waals surface area contributed by atoms with E-state index in [0.29, 0.717) is 0 Å². The van der Waals surface area contributed by atoms with Crippen LogP contribution in [-0.4, -0.2) is 31.1 Å². The molecule has 0 radical (unpaired) electrons. The van der Waals surface area contributed by atoms with Crippen LogP contribution in [0.1, 0.15) is 25.3 Å². The molecule has 1 heterocycles. The van der Waals surface area contributed by atoms with E-state index in [4.69, 9.17) is 0 Å². The van der Waals surface area contributed by atoms with Crippen molar-refractivity contribution in [2.24, 2.45) is 5.92 Å². The maximum atomic E-state index is 3.64. The van der Waals surface area contributed by atoms with Crippen LogP contribution in [0, 0.1) is 5.92 Å². The third kappa shape index (κ3) is 4.08.